The number of halogens is 1. The largest absolute Gasteiger partial charge is 1.00 e. The first kappa shape index (κ1) is 21.1. The topological polar surface area (TPSA) is 42.3 Å². The highest BCUT2D eigenvalue weighted by molar-refractivity contribution is 5.78. The molecule has 0 spiro atoms. The highest BCUT2D eigenvalue weighted by Gasteiger charge is 2.11. The van der Waals surface area contributed by atoms with Gasteiger partial charge >= 0.3 is 0 Å². The number of nitrogens with one attached hydrogen (secondary N) is 1. The van der Waals surface area contributed by atoms with Crippen LogP contribution in [0.15, 0.2) is 48.5 Å². The van der Waals surface area contributed by atoms with Crippen LogP contribution < -0.4 is 22.5 Å². The molecule has 0 unspecified atom stereocenters. The zero-order chi connectivity index (χ0) is 18.4. The summed E-state index contributed by atoms with van der Waals surface area (Å²) in [5, 5.41) is 3.51. The van der Waals surface area contributed by atoms with E-state index in [-0.39, 0.29) is 12.4 Å². The molecule has 0 saturated heterocycles. The van der Waals surface area contributed by atoms with Crippen molar-refractivity contribution in [2.75, 3.05) is 32.1 Å². The predicted molar refractivity (Wildman–Crippen MR) is 108 cm³/mol. The van der Waals surface area contributed by atoms with Crippen LogP contribution in [0.1, 0.15) is 19.4 Å². The average molecular weight is 388 g/mol. The van der Waals surface area contributed by atoms with Crippen molar-refractivity contribution in [3.05, 3.63) is 54.1 Å². The summed E-state index contributed by atoms with van der Waals surface area (Å²) in [7, 11) is 1.69. The molecule has 0 aliphatic rings. The van der Waals surface area contributed by atoms with Crippen LogP contribution in [0.5, 0.6) is 5.75 Å². The van der Waals surface area contributed by atoms with Gasteiger partial charge in [0.05, 0.1) is 18.1 Å². The third kappa shape index (κ3) is 5.15. The molecule has 146 valence electrons. The van der Waals surface area contributed by atoms with Gasteiger partial charge in [-0.2, -0.15) is 0 Å². The zero-order valence-electron chi connectivity index (χ0n) is 16.3. The van der Waals surface area contributed by atoms with Crippen molar-refractivity contribution in [2.24, 2.45) is 0 Å². The number of aromatic nitrogens is 2. The van der Waals surface area contributed by atoms with Gasteiger partial charge in [-0.25, -0.2) is 4.98 Å². The normalized spacial score (nSPS) is 10.8. The van der Waals surface area contributed by atoms with Gasteiger partial charge < -0.3 is 31.9 Å². The first-order chi connectivity index (χ1) is 12.7. The molecular weight excluding hydrogens is 360 g/mol. The maximum Gasteiger partial charge on any atom is 0.204 e. The summed E-state index contributed by atoms with van der Waals surface area (Å²) in [6.45, 7) is 9.19. The Bertz CT molecular complexity index is 845. The molecule has 1 heterocycles. The molecule has 3 rings (SSSR count). The summed E-state index contributed by atoms with van der Waals surface area (Å²) in [5.41, 5.74) is 3.37. The minimum atomic E-state index is 0. The Balaban J connectivity index is 0.00000261. The molecule has 6 heteroatoms. The van der Waals surface area contributed by atoms with Crippen molar-refractivity contribution >= 4 is 17.0 Å². The maximum absolute atomic E-state index is 5.31. The lowest BCUT2D eigenvalue weighted by molar-refractivity contribution is -0.00000583. The third-order valence-corrected chi connectivity index (χ3v) is 4.77. The van der Waals surface area contributed by atoms with E-state index in [2.05, 4.69) is 59.0 Å². The molecule has 2 aromatic carbocycles. The van der Waals surface area contributed by atoms with Gasteiger partial charge in [0.25, 0.3) is 0 Å². The second-order valence-corrected chi connectivity index (χ2v) is 6.31. The number of fused-ring (bicyclic) bond motifs is 1. The van der Waals surface area contributed by atoms with Crippen molar-refractivity contribution in [2.45, 2.75) is 26.9 Å². The van der Waals surface area contributed by atoms with Crippen molar-refractivity contribution in [3.8, 4) is 5.75 Å². The molecule has 0 radical (unpaired) electrons. The van der Waals surface area contributed by atoms with Crippen LogP contribution in [0.4, 0.5) is 5.95 Å². The van der Waals surface area contributed by atoms with Gasteiger partial charge in [0.1, 0.15) is 5.75 Å². The van der Waals surface area contributed by atoms with E-state index in [4.69, 9.17) is 9.72 Å². The second kappa shape index (κ2) is 10.2. The molecule has 0 fully saturated rings. The van der Waals surface area contributed by atoms with E-state index < -0.39 is 0 Å². The van der Waals surface area contributed by atoms with Crippen molar-refractivity contribution in [1.29, 1.82) is 0 Å². The van der Waals surface area contributed by atoms with E-state index in [1.54, 1.807) is 7.11 Å². The summed E-state index contributed by atoms with van der Waals surface area (Å²) in [6.07, 6.45) is 0. The Morgan fingerprint density at radius 2 is 1.85 bits per heavy atom. The lowest BCUT2D eigenvalue weighted by Gasteiger charge is -2.19. The van der Waals surface area contributed by atoms with Crippen LogP contribution in [0.3, 0.4) is 0 Å². The molecule has 0 saturated carbocycles. The smallest absolute Gasteiger partial charge is 0.204 e. The predicted octanol–water partition coefficient (Wildman–Crippen LogP) is 1.00. The molecule has 5 nitrogen and oxygen atoms in total. The van der Waals surface area contributed by atoms with Crippen LogP contribution in [-0.4, -0.2) is 41.2 Å². The lowest BCUT2D eigenvalue weighted by atomic mass is 10.2. The molecule has 1 aromatic heterocycles. The summed E-state index contributed by atoms with van der Waals surface area (Å²) in [6, 6.07) is 16.4. The quantitative estimate of drug-likeness (QED) is 0.595. The minimum Gasteiger partial charge on any atom is -1.00 e. The van der Waals surface area contributed by atoms with Crippen LogP contribution in [0.2, 0.25) is 0 Å². The molecule has 1 N–H and O–H groups in total. The number of ether oxygens (including phenoxy) is 1. The fourth-order valence-corrected chi connectivity index (χ4v) is 3.18. The van der Waals surface area contributed by atoms with Gasteiger partial charge in [0.2, 0.25) is 5.95 Å². The van der Waals surface area contributed by atoms with Gasteiger partial charge in [-0.05, 0) is 42.9 Å². The number of likely N-dealkylation sites (N-methyl/N-ethyl adjacent to an activating group) is 1. The van der Waals surface area contributed by atoms with Crippen LogP contribution in [-0.2, 0) is 13.1 Å². The fourth-order valence-electron chi connectivity index (χ4n) is 3.18. The maximum atomic E-state index is 5.31. The number of imidazole rings is 1. The summed E-state index contributed by atoms with van der Waals surface area (Å²) in [5.74, 6) is 1.79. The summed E-state index contributed by atoms with van der Waals surface area (Å²) in [4.78, 5) is 7.23. The van der Waals surface area contributed by atoms with E-state index >= 15 is 0 Å². The Labute approximate surface area is 167 Å². The molecule has 0 amide bonds. The van der Waals surface area contributed by atoms with Crippen LogP contribution >= 0.6 is 0 Å². The number of para-hydroxylation sites is 2. The van der Waals surface area contributed by atoms with Gasteiger partial charge in [-0.1, -0.05) is 38.1 Å². The molecule has 0 aliphatic heterocycles. The van der Waals surface area contributed by atoms with Crippen molar-refractivity contribution < 1.29 is 17.1 Å². The first-order valence-corrected chi connectivity index (χ1v) is 9.29. The van der Waals surface area contributed by atoms with E-state index in [0.29, 0.717) is 6.54 Å². The fraction of sp³-hybridized carbons (Fsp3) is 0.381. The SMILES string of the molecule is CCN(CC)CCn1c(NCc2cccc(OC)c2)nc2ccccc21.[Cl-]. The molecule has 3 aromatic rings. The highest BCUT2D eigenvalue weighted by atomic mass is 35.5. The zero-order valence-corrected chi connectivity index (χ0v) is 17.0. The molecule has 0 bridgehead atoms. The van der Waals surface area contributed by atoms with Gasteiger partial charge in [0.15, 0.2) is 0 Å². The monoisotopic (exact) mass is 387 g/mol. The van der Waals surface area contributed by atoms with E-state index in [0.717, 1.165) is 43.4 Å². The number of benzene rings is 2. The Hall–Kier alpha value is -2.24. The number of nitrogens with zero attached hydrogens (tertiary/aromatic N) is 3. The van der Waals surface area contributed by atoms with Gasteiger partial charge in [-0.3, -0.25) is 0 Å². The van der Waals surface area contributed by atoms with Crippen molar-refractivity contribution in [3.63, 3.8) is 0 Å². The van der Waals surface area contributed by atoms with E-state index in [1.165, 1.54) is 11.1 Å². The highest BCUT2D eigenvalue weighted by Crippen LogP contribution is 2.21. The molecule has 0 atom stereocenters. The number of hydrogen-bond donors (Lipinski definition) is 1. The Morgan fingerprint density at radius 1 is 1.07 bits per heavy atom. The number of rotatable bonds is 9. The number of methoxy groups -OCH3 is 1. The van der Waals surface area contributed by atoms with Crippen LogP contribution in [0.25, 0.3) is 11.0 Å². The van der Waals surface area contributed by atoms with Crippen LogP contribution in [0, 0.1) is 0 Å². The standard InChI is InChI=1S/C21H28N4O.ClH/c1-4-24(5-2)13-14-25-20-12-7-6-11-19(20)23-21(25)22-16-17-9-8-10-18(15-17)26-3;/h6-12,15H,4-5,13-14,16H2,1-3H3,(H,22,23);1H/p-1. The van der Waals surface area contributed by atoms with Gasteiger partial charge in [-0.15, -0.1) is 0 Å². The molecule has 27 heavy (non-hydrogen) atoms. The average Bonchev–Trinajstić information content (AvgIpc) is 3.05. The molecule has 0 aliphatic carbocycles. The second-order valence-electron chi connectivity index (χ2n) is 6.31. The molecular formula is C21H28ClN4O-. The Morgan fingerprint density at radius 3 is 2.59 bits per heavy atom. The van der Waals surface area contributed by atoms with E-state index in [1.807, 2.05) is 18.2 Å². The van der Waals surface area contributed by atoms with Gasteiger partial charge in [0, 0.05) is 19.6 Å². The minimum absolute atomic E-state index is 0. The summed E-state index contributed by atoms with van der Waals surface area (Å²) < 4.78 is 7.60. The van der Waals surface area contributed by atoms with E-state index in [9.17, 15) is 0 Å². The lowest BCUT2D eigenvalue weighted by Crippen LogP contribution is -3.00. The van der Waals surface area contributed by atoms with Crippen molar-refractivity contribution in [1.82, 2.24) is 14.5 Å². The third-order valence-electron chi connectivity index (χ3n) is 4.77. The number of hydrogen-bond acceptors (Lipinski definition) is 4. The first-order valence-electron chi connectivity index (χ1n) is 9.29. The number of anilines is 1. The summed E-state index contributed by atoms with van der Waals surface area (Å²) >= 11 is 0. The Kier molecular flexibility index (Phi) is 7.95.